The molecule has 1 nitrogen and oxygen atoms in total. The topological polar surface area (TPSA) is 20.2 Å². The zero-order chi connectivity index (χ0) is 7.56. The first-order valence-electron chi connectivity index (χ1n) is 2.78. The summed E-state index contributed by atoms with van der Waals surface area (Å²) in [6.07, 6.45) is -2.01. The summed E-state index contributed by atoms with van der Waals surface area (Å²) in [4.78, 5) is 0. The second kappa shape index (κ2) is 2.75. The van der Waals surface area contributed by atoms with Crippen molar-refractivity contribution in [2.75, 3.05) is 0 Å². The van der Waals surface area contributed by atoms with Crippen molar-refractivity contribution in [2.24, 2.45) is 0 Å². The van der Waals surface area contributed by atoms with Crippen LogP contribution in [0, 0.1) is 5.82 Å². The zero-order valence-corrected chi connectivity index (χ0v) is 5.09. The van der Waals surface area contributed by atoms with Crippen LogP contribution in [-0.2, 0) is 0 Å². The van der Waals surface area contributed by atoms with Gasteiger partial charge in [0.15, 0.2) is 0 Å². The van der Waals surface area contributed by atoms with Crippen LogP contribution >= 0.6 is 0 Å². The van der Waals surface area contributed by atoms with Gasteiger partial charge in [-0.15, -0.1) is 0 Å². The van der Waals surface area contributed by atoms with Crippen molar-refractivity contribution in [2.45, 2.75) is 6.36 Å². The molecule has 0 saturated carbocycles. The molecule has 1 atom stereocenters. The van der Waals surface area contributed by atoms with Gasteiger partial charge < -0.3 is 5.11 Å². The molecule has 0 aliphatic heterocycles. The van der Waals surface area contributed by atoms with Crippen molar-refractivity contribution in [3.05, 3.63) is 35.6 Å². The summed E-state index contributed by atoms with van der Waals surface area (Å²) in [6, 6.07) is 4.58. The molecule has 1 N–H and O–H groups in total. The lowest BCUT2D eigenvalue weighted by Crippen LogP contribution is -1.87. The number of hydrogen-bond donors (Lipinski definition) is 1. The molecular weight excluding hydrogens is 138 g/mol. The number of rotatable bonds is 1. The Morgan fingerprint density at radius 1 is 1.20 bits per heavy atom. The van der Waals surface area contributed by atoms with E-state index in [9.17, 15) is 8.78 Å². The van der Waals surface area contributed by atoms with Crippen LogP contribution in [0.2, 0.25) is 0 Å². The molecule has 0 radical (unpaired) electrons. The van der Waals surface area contributed by atoms with Crippen molar-refractivity contribution < 1.29 is 13.9 Å². The number of benzene rings is 1. The summed E-state index contributed by atoms with van der Waals surface area (Å²) >= 11 is 0. The first-order chi connectivity index (χ1) is 4.70. The third kappa shape index (κ3) is 1.51. The van der Waals surface area contributed by atoms with Gasteiger partial charge in [-0.3, -0.25) is 0 Å². The average molecular weight is 144 g/mol. The molecule has 0 aliphatic carbocycles. The molecule has 10 heavy (non-hydrogen) atoms. The number of halogens is 2. The van der Waals surface area contributed by atoms with E-state index in [0.717, 1.165) is 12.1 Å². The second-order valence-corrected chi connectivity index (χ2v) is 1.89. The predicted octanol–water partition coefficient (Wildman–Crippen LogP) is 1.79. The maximum Gasteiger partial charge on any atom is 0.222 e. The van der Waals surface area contributed by atoms with Gasteiger partial charge >= 0.3 is 0 Å². The highest BCUT2D eigenvalue weighted by molar-refractivity contribution is 5.16. The zero-order valence-electron chi connectivity index (χ0n) is 5.09. The van der Waals surface area contributed by atoms with E-state index in [2.05, 4.69) is 0 Å². The number of hydrogen-bond acceptors (Lipinski definition) is 1. The first-order valence-corrected chi connectivity index (χ1v) is 2.78. The number of alkyl halides is 1. The summed E-state index contributed by atoms with van der Waals surface area (Å²) in [6.45, 7) is 0. The van der Waals surface area contributed by atoms with E-state index < -0.39 is 12.2 Å². The van der Waals surface area contributed by atoms with Crippen LogP contribution in [0.4, 0.5) is 8.78 Å². The highest BCUT2D eigenvalue weighted by Crippen LogP contribution is 2.13. The fraction of sp³-hybridized carbons (Fsp3) is 0.143. The summed E-state index contributed by atoms with van der Waals surface area (Å²) in [5.41, 5.74) is 0.0707. The SMILES string of the molecule is OC(F)c1ccc(F)cc1. The highest BCUT2D eigenvalue weighted by Gasteiger charge is 2.02. The minimum absolute atomic E-state index is 0.0707. The highest BCUT2D eigenvalue weighted by atomic mass is 19.1. The lowest BCUT2D eigenvalue weighted by atomic mass is 10.2. The normalized spacial score (nSPS) is 13.1. The van der Waals surface area contributed by atoms with Gasteiger partial charge in [-0.05, 0) is 12.1 Å². The average Bonchev–Trinajstić information content (AvgIpc) is 1.88. The molecule has 0 fully saturated rings. The van der Waals surface area contributed by atoms with E-state index >= 15 is 0 Å². The Morgan fingerprint density at radius 3 is 2.10 bits per heavy atom. The molecule has 0 aromatic heterocycles. The first kappa shape index (κ1) is 7.15. The van der Waals surface area contributed by atoms with Gasteiger partial charge in [0.05, 0.1) is 0 Å². The lowest BCUT2D eigenvalue weighted by Gasteiger charge is -1.98. The van der Waals surface area contributed by atoms with Crippen molar-refractivity contribution in [3.63, 3.8) is 0 Å². The molecular formula is C7H6F2O. The molecule has 0 saturated heterocycles. The third-order valence-corrected chi connectivity index (χ3v) is 1.15. The minimum Gasteiger partial charge on any atom is -0.360 e. The Morgan fingerprint density at radius 2 is 1.70 bits per heavy atom. The van der Waals surface area contributed by atoms with E-state index in [0.29, 0.717) is 0 Å². The largest absolute Gasteiger partial charge is 0.360 e. The molecule has 54 valence electrons. The van der Waals surface area contributed by atoms with Crippen LogP contribution in [0.3, 0.4) is 0 Å². The van der Waals surface area contributed by atoms with Crippen LogP contribution in [0.15, 0.2) is 24.3 Å². The quantitative estimate of drug-likeness (QED) is 0.637. The monoisotopic (exact) mass is 144 g/mol. The van der Waals surface area contributed by atoms with Crippen molar-refractivity contribution >= 4 is 0 Å². The summed E-state index contributed by atoms with van der Waals surface area (Å²) in [5.74, 6) is -0.440. The molecule has 3 heteroatoms. The Hall–Kier alpha value is -0.960. The minimum atomic E-state index is -2.01. The maximum absolute atomic E-state index is 12.1. The Labute approximate surface area is 56.9 Å². The van der Waals surface area contributed by atoms with Gasteiger partial charge in [0.2, 0.25) is 6.36 Å². The molecule has 1 aromatic rings. The van der Waals surface area contributed by atoms with Gasteiger partial charge in [0.25, 0.3) is 0 Å². The van der Waals surface area contributed by atoms with Crippen LogP contribution in [0.5, 0.6) is 0 Å². The molecule has 0 spiro atoms. The Bertz CT molecular complexity index is 205. The molecule has 0 bridgehead atoms. The second-order valence-electron chi connectivity index (χ2n) is 1.89. The van der Waals surface area contributed by atoms with Crippen LogP contribution in [0.1, 0.15) is 11.9 Å². The molecule has 1 unspecified atom stereocenters. The summed E-state index contributed by atoms with van der Waals surface area (Å²) in [5, 5.41) is 8.33. The smallest absolute Gasteiger partial charge is 0.222 e. The number of aliphatic hydroxyl groups is 1. The van der Waals surface area contributed by atoms with Crippen LogP contribution in [-0.4, -0.2) is 5.11 Å². The Kier molecular flexibility index (Phi) is 1.97. The fourth-order valence-electron chi connectivity index (χ4n) is 0.622. The van der Waals surface area contributed by atoms with E-state index in [1.165, 1.54) is 12.1 Å². The van der Waals surface area contributed by atoms with Crippen LogP contribution < -0.4 is 0 Å². The molecule has 1 aromatic carbocycles. The summed E-state index contributed by atoms with van der Waals surface area (Å²) in [7, 11) is 0. The Balaban J connectivity index is 2.89. The van der Waals surface area contributed by atoms with E-state index in [1.54, 1.807) is 0 Å². The van der Waals surface area contributed by atoms with Crippen molar-refractivity contribution in [1.82, 2.24) is 0 Å². The molecule has 0 aliphatic rings. The molecule has 0 amide bonds. The maximum atomic E-state index is 12.1. The van der Waals surface area contributed by atoms with Crippen LogP contribution in [0.25, 0.3) is 0 Å². The van der Waals surface area contributed by atoms with Gasteiger partial charge in [0, 0.05) is 5.56 Å². The van der Waals surface area contributed by atoms with Crippen molar-refractivity contribution in [3.8, 4) is 0 Å². The number of aliphatic hydroxyl groups excluding tert-OH is 1. The molecule has 0 heterocycles. The third-order valence-electron chi connectivity index (χ3n) is 1.15. The fourth-order valence-corrected chi connectivity index (χ4v) is 0.622. The standard InChI is InChI=1S/C7H6F2O/c8-6-3-1-5(2-4-6)7(9)10/h1-4,7,10H. The van der Waals surface area contributed by atoms with E-state index in [1.807, 2.05) is 0 Å². The van der Waals surface area contributed by atoms with E-state index in [-0.39, 0.29) is 5.56 Å². The van der Waals surface area contributed by atoms with Gasteiger partial charge in [-0.1, -0.05) is 12.1 Å². The lowest BCUT2D eigenvalue weighted by molar-refractivity contribution is 0.0411. The summed E-state index contributed by atoms with van der Waals surface area (Å²) < 4.78 is 24.1. The van der Waals surface area contributed by atoms with E-state index in [4.69, 9.17) is 5.11 Å². The van der Waals surface area contributed by atoms with Gasteiger partial charge in [-0.2, -0.15) is 0 Å². The van der Waals surface area contributed by atoms with Gasteiger partial charge in [0.1, 0.15) is 5.82 Å². The van der Waals surface area contributed by atoms with Crippen molar-refractivity contribution in [1.29, 1.82) is 0 Å². The molecule has 1 rings (SSSR count). The van der Waals surface area contributed by atoms with Gasteiger partial charge in [-0.25, -0.2) is 8.78 Å². The predicted molar refractivity (Wildman–Crippen MR) is 32.5 cm³/mol.